The monoisotopic (exact) mass is 347 g/mol. The lowest BCUT2D eigenvalue weighted by Gasteiger charge is -2.32. The van der Waals surface area contributed by atoms with Crippen LogP contribution in [0, 0.1) is 5.92 Å². The number of anilines is 1. The number of hydrogen-bond donors (Lipinski definition) is 1. The smallest absolute Gasteiger partial charge is 0.362 e. The summed E-state index contributed by atoms with van der Waals surface area (Å²) in [7, 11) is 0. The Bertz CT molecular complexity index is 918. The lowest BCUT2D eigenvalue weighted by molar-refractivity contribution is -0.146. The summed E-state index contributed by atoms with van der Waals surface area (Å²) in [5.74, 6) is -0.412. The fourth-order valence-corrected chi connectivity index (χ4v) is 3.34. The van der Waals surface area contributed by atoms with Crippen LogP contribution in [0.2, 0.25) is 0 Å². The molecule has 0 bridgehead atoms. The topological polar surface area (TPSA) is 55.1 Å². The number of nitrogens with zero attached hydrogens (tertiary/aromatic N) is 4. The third-order valence-electron chi connectivity index (χ3n) is 4.65. The quantitative estimate of drug-likeness (QED) is 0.764. The van der Waals surface area contributed by atoms with E-state index in [0.717, 1.165) is 17.4 Å². The van der Waals surface area contributed by atoms with Crippen LogP contribution in [-0.4, -0.2) is 19.8 Å². The first kappa shape index (κ1) is 15.9. The molecule has 130 valence electrons. The van der Waals surface area contributed by atoms with Gasteiger partial charge in [0.15, 0.2) is 5.65 Å². The van der Waals surface area contributed by atoms with Crippen LogP contribution < -0.4 is 5.32 Å². The summed E-state index contributed by atoms with van der Waals surface area (Å²) in [6.07, 6.45) is -2.58. The summed E-state index contributed by atoms with van der Waals surface area (Å²) in [6.45, 7) is 2.13. The predicted octanol–water partition coefficient (Wildman–Crippen LogP) is 3.88. The van der Waals surface area contributed by atoms with Crippen LogP contribution in [-0.2, 0) is 12.6 Å². The van der Waals surface area contributed by atoms with Crippen LogP contribution in [0.5, 0.6) is 0 Å². The highest BCUT2D eigenvalue weighted by Crippen LogP contribution is 2.36. The number of benzene rings is 1. The molecule has 0 fully saturated rings. The molecule has 0 amide bonds. The Balaban J connectivity index is 1.71. The van der Waals surface area contributed by atoms with Crippen molar-refractivity contribution in [2.75, 3.05) is 5.32 Å². The average Bonchev–Trinajstić information content (AvgIpc) is 3.01. The zero-order valence-corrected chi connectivity index (χ0v) is 13.5. The van der Waals surface area contributed by atoms with Crippen molar-refractivity contribution >= 4 is 11.5 Å². The zero-order chi connectivity index (χ0) is 17.6. The Hall–Kier alpha value is -2.64. The standard InChI is InChI=1S/C17H16F3N5/c1-10-6-7-11-4-2-3-5-12(11)15(10)21-13-8-9-14-22-23-16(17(18,19)20)25(14)24-13/h2-5,8-10,15H,6-7H2,1H3,(H,21,24). The molecule has 0 aliphatic heterocycles. The minimum Gasteiger partial charge on any atom is -0.362 e. The van der Waals surface area contributed by atoms with E-state index in [1.54, 1.807) is 6.07 Å². The van der Waals surface area contributed by atoms with E-state index in [-0.39, 0.29) is 11.7 Å². The third kappa shape index (κ3) is 2.81. The third-order valence-corrected chi connectivity index (χ3v) is 4.65. The van der Waals surface area contributed by atoms with Crippen molar-refractivity contribution < 1.29 is 13.2 Å². The van der Waals surface area contributed by atoms with E-state index in [1.807, 2.05) is 12.1 Å². The first-order valence-electron chi connectivity index (χ1n) is 8.07. The number of aryl methyl sites for hydroxylation is 1. The van der Waals surface area contributed by atoms with Gasteiger partial charge in [-0.25, -0.2) is 0 Å². The molecule has 1 aliphatic carbocycles. The summed E-state index contributed by atoms with van der Waals surface area (Å²) < 4.78 is 39.8. The van der Waals surface area contributed by atoms with Crippen molar-refractivity contribution in [2.24, 2.45) is 5.92 Å². The Kier molecular flexibility index (Phi) is 3.63. The highest BCUT2D eigenvalue weighted by atomic mass is 19.4. The van der Waals surface area contributed by atoms with Gasteiger partial charge in [0.25, 0.3) is 5.82 Å². The van der Waals surface area contributed by atoms with Gasteiger partial charge in [0.1, 0.15) is 5.82 Å². The summed E-state index contributed by atoms with van der Waals surface area (Å²) in [5.41, 5.74) is 2.50. The molecular weight excluding hydrogens is 331 g/mol. The molecule has 4 rings (SSSR count). The molecular formula is C17H16F3N5. The van der Waals surface area contributed by atoms with Gasteiger partial charge < -0.3 is 5.32 Å². The Morgan fingerprint density at radius 2 is 1.92 bits per heavy atom. The molecule has 5 nitrogen and oxygen atoms in total. The maximum absolute atomic E-state index is 13.0. The molecule has 2 atom stereocenters. The van der Waals surface area contributed by atoms with Gasteiger partial charge in [-0.3, -0.25) is 0 Å². The lowest BCUT2D eigenvalue weighted by atomic mass is 9.81. The number of halogens is 3. The van der Waals surface area contributed by atoms with Crippen LogP contribution in [0.3, 0.4) is 0 Å². The maximum Gasteiger partial charge on any atom is 0.453 e. The van der Waals surface area contributed by atoms with Gasteiger partial charge >= 0.3 is 6.18 Å². The largest absolute Gasteiger partial charge is 0.453 e. The summed E-state index contributed by atoms with van der Waals surface area (Å²) in [4.78, 5) is 0. The van der Waals surface area contributed by atoms with E-state index >= 15 is 0 Å². The second-order valence-corrected chi connectivity index (χ2v) is 6.35. The summed E-state index contributed by atoms with van der Waals surface area (Å²) in [5, 5.41) is 14.1. The predicted molar refractivity (Wildman–Crippen MR) is 86.1 cm³/mol. The number of nitrogens with one attached hydrogen (secondary N) is 1. The fraction of sp³-hybridized carbons (Fsp3) is 0.353. The molecule has 2 unspecified atom stereocenters. The first-order chi connectivity index (χ1) is 11.9. The van der Waals surface area contributed by atoms with E-state index in [9.17, 15) is 13.2 Å². The fourth-order valence-electron chi connectivity index (χ4n) is 3.34. The highest BCUT2D eigenvalue weighted by molar-refractivity contribution is 5.47. The lowest BCUT2D eigenvalue weighted by Crippen LogP contribution is -2.25. The average molecular weight is 347 g/mol. The Morgan fingerprint density at radius 1 is 1.12 bits per heavy atom. The summed E-state index contributed by atoms with van der Waals surface area (Å²) in [6, 6.07) is 11.2. The molecule has 0 spiro atoms. The van der Waals surface area contributed by atoms with Crippen LogP contribution in [0.4, 0.5) is 19.0 Å². The number of fused-ring (bicyclic) bond motifs is 2. The minimum atomic E-state index is -4.60. The van der Waals surface area contributed by atoms with Crippen LogP contribution in [0.1, 0.15) is 36.3 Å². The zero-order valence-electron chi connectivity index (χ0n) is 13.5. The van der Waals surface area contributed by atoms with Crippen molar-refractivity contribution in [3.8, 4) is 0 Å². The normalized spacial score (nSPS) is 20.5. The van der Waals surface area contributed by atoms with Gasteiger partial charge in [0, 0.05) is 0 Å². The van der Waals surface area contributed by atoms with Crippen LogP contribution >= 0.6 is 0 Å². The van der Waals surface area contributed by atoms with Gasteiger partial charge in [0.05, 0.1) is 6.04 Å². The van der Waals surface area contributed by atoms with Crippen molar-refractivity contribution in [3.05, 3.63) is 53.3 Å². The van der Waals surface area contributed by atoms with Crippen molar-refractivity contribution in [1.29, 1.82) is 0 Å². The van der Waals surface area contributed by atoms with Crippen molar-refractivity contribution in [3.63, 3.8) is 0 Å². The van der Waals surface area contributed by atoms with E-state index in [4.69, 9.17) is 0 Å². The second-order valence-electron chi connectivity index (χ2n) is 6.35. The van der Waals surface area contributed by atoms with Gasteiger partial charge in [-0.2, -0.15) is 17.7 Å². The van der Waals surface area contributed by atoms with E-state index < -0.39 is 12.0 Å². The van der Waals surface area contributed by atoms with E-state index in [2.05, 4.69) is 39.7 Å². The molecule has 0 saturated carbocycles. The minimum absolute atomic E-state index is 0.000664. The maximum atomic E-state index is 13.0. The van der Waals surface area contributed by atoms with Crippen LogP contribution in [0.25, 0.3) is 5.65 Å². The van der Waals surface area contributed by atoms with Crippen LogP contribution in [0.15, 0.2) is 36.4 Å². The molecule has 25 heavy (non-hydrogen) atoms. The summed E-state index contributed by atoms with van der Waals surface area (Å²) >= 11 is 0. The Morgan fingerprint density at radius 3 is 2.72 bits per heavy atom. The Labute approximate surface area is 141 Å². The molecule has 2 heterocycles. The molecule has 8 heteroatoms. The van der Waals surface area contributed by atoms with Crippen molar-refractivity contribution in [1.82, 2.24) is 19.8 Å². The van der Waals surface area contributed by atoms with E-state index in [1.165, 1.54) is 17.2 Å². The van der Waals surface area contributed by atoms with Gasteiger partial charge in [-0.1, -0.05) is 31.2 Å². The number of alkyl halides is 3. The van der Waals surface area contributed by atoms with Crippen molar-refractivity contribution in [2.45, 2.75) is 32.0 Å². The number of rotatable bonds is 2. The van der Waals surface area contributed by atoms with Gasteiger partial charge in [0.2, 0.25) is 0 Å². The number of aromatic nitrogens is 4. The highest BCUT2D eigenvalue weighted by Gasteiger charge is 2.37. The molecule has 0 saturated heterocycles. The molecule has 0 radical (unpaired) electrons. The second kappa shape index (κ2) is 5.72. The van der Waals surface area contributed by atoms with E-state index in [0.29, 0.717) is 11.7 Å². The number of hydrogen-bond acceptors (Lipinski definition) is 4. The molecule has 1 N–H and O–H groups in total. The molecule has 2 aromatic heterocycles. The molecule has 3 aromatic rings. The SMILES string of the molecule is CC1CCc2ccccc2C1Nc1ccc2nnc(C(F)(F)F)n2n1. The van der Waals surface area contributed by atoms with Gasteiger partial charge in [-0.05, 0) is 42.0 Å². The van der Waals surface area contributed by atoms with Gasteiger partial charge in [-0.15, -0.1) is 15.3 Å². The molecule has 1 aliphatic rings. The first-order valence-corrected chi connectivity index (χ1v) is 8.07. The molecule has 1 aromatic carbocycles.